The van der Waals surface area contributed by atoms with E-state index >= 15 is 0 Å². The number of aromatic nitrogens is 4. The van der Waals surface area contributed by atoms with Crippen molar-refractivity contribution in [1.29, 1.82) is 0 Å². The fourth-order valence-corrected chi connectivity index (χ4v) is 4.19. The number of aryl methyl sites for hydroxylation is 2. The number of imidazole rings is 1. The summed E-state index contributed by atoms with van der Waals surface area (Å²) in [6, 6.07) is 5.31. The largest absolute Gasteiger partial charge is 1.00 e. The second kappa shape index (κ2) is 12.4. The number of esters is 1. The summed E-state index contributed by atoms with van der Waals surface area (Å²) in [6.07, 6.45) is 0. The minimum atomic E-state index is -0.550. The molecule has 0 saturated heterocycles. The summed E-state index contributed by atoms with van der Waals surface area (Å²) in [5, 5.41) is 2.44. The van der Waals surface area contributed by atoms with E-state index in [-0.39, 0.29) is 70.5 Å². The van der Waals surface area contributed by atoms with Crippen LogP contribution in [0, 0.1) is 0 Å². The molecule has 35 heavy (non-hydrogen) atoms. The van der Waals surface area contributed by atoms with Gasteiger partial charge in [0.05, 0.1) is 26.0 Å². The lowest BCUT2D eigenvalue weighted by Gasteiger charge is -2.07. The van der Waals surface area contributed by atoms with Crippen molar-refractivity contribution < 1.29 is 47.7 Å². The lowest BCUT2D eigenvalue weighted by Crippen LogP contribution is -3.00. The molecule has 3 rings (SSSR count). The van der Waals surface area contributed by atoms with Crippen LogP contribution in [-0.2, 0) is 29.7 Å². The number of fused-ring (bicyclic) bond motifs is 1. The zero-order chi connectivity index (χ0) is 25.0. The highest BCUT2D eigenvalue weighted by atomic mass is 127. The zero-order valence-corrected chi connectivity index (χ0v) is 23.0. The molecule has 11 nitrogen and oxygen atoms in total. The fraction of sp³-hybridized carbons (Fsp3) is 0.333. The molecule has 0 unspecified atom stereocenters. The molecule has 2 aromatic heterocycles. The number of hydrogen-bond donors (Lipinski definition) is 3. The van der Waals surface area contributed by atoms with Crippen LogP contribution in [-0.4, -0.2) is 43.9 Å². The number of rotatable bonds is 8. The van der Waals surface area contributed by atoms with Crippen LogP contribution in [0.5, 0.6) is 0 Å². The Hall–Kier alpha value is -2.65. The molecule has 0 spiro atoms. The SMILES string of the molecule is CCOC(=O)CSC(=O)c1ccc2c(c1)n(CC)c(CNC(=O)c1nc(Cl)c(N)nc1N)[n+]2C.[I-]. The van der Waals surface area contributed by atoms with Crippen molar-refractivity contribution in [2.45, 2.75) is 26.9 Å². The van der Waals surface area contributed by atoms with Crippen LogP contribution in [0.4, 0.5) is 11.6 Å². The van der Waals surface area contributed by atoms with E-state index in [0.717, 1.165) is 28.6 Å². The van der Waals surface area contributed by atoms with E-state index < -0.39 is 11.9 Å². The first-order valence-electron chi connectivity index (χ1n) is 10.4. The Kier molecular flexibility index (Phi) is 10.1. The number of hydrogen-bond acceptors (Lipinski definition) is 9. The van der Waals surface area contributed by atoms with E-state index in [1.165, 1.54) is 0 Å². The van der Waals surface area contributed by atoms with Gasteiger partial charge in [-0.1, -0.05) is 23.4 Å². The van der Waals surface area contributed by atoms with Gasteiger partial charge in [0.25, 0.3) is 11.7 Å². The summed E-state index contributed by atoms with van der Waals surface area (Å²) >= 11 is 6.77. The van der Waals surface area contributed by atoms with Crippen molar-refractivity contribution in [2.24, 2.45) is 7.05 Å². The molecule has 1 aromatic carbocycles. The molecular formula is C21H25ClIN7O4S. The highest BCUT2D eigenvalue weighted by molar-refractivity contribution is 8.14. The Morgan fingerprint density at radius 2 is 1.91 bits per heavy atom. The Morgan fingerprint density at radius 3 is 2.57 bits per heavy atom. The number of thioether (sulfide) groups is 1. The lowest BCUT2D eigenvalue weighted by atomic mass is 10.2. The van der Waals surface area contributed by atoms with E-state index in [4.69, 9.17) is 27.8 Å². The van der Waals surface area contributed by atoms with Gasteiger partial charge < -0.3 is 45.5 Å². The molecule has 1 amide bonds. The average Bonchev–Trinajstić information content (AvgIpc) is 3.08. The van der Waals surface area contributed by atoms with Crippen LogP contribution in [0.3, 0.4) is 0 Å². The number of ether oxygens (including phenoxy) is 1. The molecule has 0 fully saturated rings. The van der Waals surface area contributed by atoms with Gasteiger partial charge in [0.2, 0.25) is 5.12 Å². The summed E-state index contributed by atoms with van der Waals surface area (Å²) in [5.74, 6) is -0.432. The number of nitrogens with zero attached hydrogens (tertiary/aromatic N) is 4. The van der Waals surface area contributed by atoms with Gasteiger partial charge in [-0.25, -0.2) is 19.1 Å². The monoisotopic (exact) mass is 633 g/mol. The van der Waals surface area contributed by atoms with Crippen LogP contribution in [0.1, 0.15) is 40.5 Å². The molecule has 0 atom stereocenters. The predicted molar refractivity (Wildman–Crippen MR) is 129 cm³/mol. The van der Waals surface area contributed by atoms with Gasteiger partial charge in [0.15, 0.2) is 33.5 Å². The van der Waals surface area contributed by atoms with Gasteiger partial charge in [-0.3, -0.25) is 14.4 Å². The third-order valence-corrected chi connectivity index (χ3v) is 6.19. The topological polar surface area (TPSA) is 159 Å². The quantitative estimate of drug-likeness (QED) is 0.152. The van der Waals surface area contributed by atoms with Gasteiger partial charge in [-0.15, -0.1) is 0 Å². The maximum Gasteiger partial charge on any atom is 0.316 e. The number of anilines is 2. The standard InChI is InChI=1S/C21H24ClN7O4S.HI/c1-4-29-13-8-11(21(32)34-10-15(30)33-5-2)6-7-12(13)28(3)14(29)9-25-20(31)16-18(23)27-19(24)17(22)26-16;/h6-8H,4-5,9-10H2,1-3H3,(H4-,23,24,25,27,31);1H. The minimum Gasteiger partial charge on any atom is -1.00 e. The summed E-state index contributed by atoms with van der Waals surface area (Å²) in [5.41, 5.74) is 13.4. The zero-order valence-electron chi connectivity index (χ0n) is 19.3. The number of nitrogens with two attached hydrogens (primary N) is 2. The summed E-state index contributed by atoms with van der Waals surface area (Å²) < 4.78 is 8.77. The Balaban J connectivity index is 0.00000432. The molecule has 188 valence electrons. The van der Waals surface area contributed by atoms with Gasteiger partial charge in [0.1, 0.15) is 6.54 Å². The molecule has 5 N–H and O–H groups in total. The summed E-state index contributed by atoms with van der Waals surface area (Å²) in [7, 11) is 1.86. The lowest BCUT2D eigenvalue weighted by molar-refractivity contribution is -0.654. The van der Waals surface area contributed by atoms with E-state index in [1.54, 1.807) is 19.1 Å². The van der Waals surface area contributed by atoms with Crippen molar-refractivity contribution >= 4 is 63.0 Å². The normalized spacial score (nSPS) is 10.6. The molecular weight excluding hydrogens is 609 g/mol. The van der Waals surface area contributed by atoms with Crippen LogP contribution < -0.4 is 45.3 Å². The van der Waals surface area contributed by atoms with E-state index in [0.29, 0.717) is 12.1 Å². The molecule has 0 aliphatic carbocycles. The predicted octanol–water partition coefficient (Wildman–Crippen LogP) is -1.54. The van der Waals surface area contributed by atoms with Gasteiger partial charge in [0, 0.05) is 11.6 Å². The van der Waals surface area contributed by atoms with Crippen LogP contribution in [0.2, 0.25) is 5.15 Å². The molecule has 0 bridgehead atoms. The second-order valence-electron chi connectivity index (χ2n) is 7.12. The van der Waals surface area contributed by atoms with Crippen molar-refractivity contribution in [1.82, 2.24) is 19.9 Å². The molecule has 0 aliphatic heterocycles. The highest BCUT2D eigenvalue weighted by Crippen LogP contribution is 2.21. The van der Waals surface area contributed by atoms with E-state index in [9.17, 15) is 14.4 Å². The molecule has 2 heterocycles. The van der Waals surface area contributed by atoms with Gasteiger partial charge >= 0.3 is 5.97 Å². The molecule has 0 radical (unpaired) electrons. The number of benzene rings is 1. The van der Waals surface area contributed by atoms with Crippen molar-refractivity contribution in [3.8, 4) is 0 Å². The van der Waals surface area contributed by atoms with Crippen molar-refractivity contribution in [3.05, 3.63) is 40.4 Å². The number of amides is 1. The maximum atomic E-state index is 12.6. The van der Waals surface area contributed by atoms with Crippen LogP contribution in [0.25, 0.3) is 11.0 Å². The van der Waals surface area contributed by atoms with Gasteiger partial charge in [-0.2, -0.15) is 0 Å². The third kappa shape index (κ3) is 6.32. The Labute approximate surface area is 228 Å². The van der Waals surface area contributed by atoms with E-state index in [1.807, 2.05) is 29.2 Å². The second-order valence-corrected chi connectivity index (χ2v) is 8.43. The van der Waals surface area contributed by atoms with Crippen molar-refractivity contribution in [2.75, 3.05) is 23.8 Å². The first-order valence-corrected chi connectivity index (χ1v) is 11.7. The molecule has 0 saturated carbocycles. The Bertz CT molecular complexity index is 1280. The first kappa shape index (κ1) is 28.6. The summed E-state index contributed by atoms with van der Waals surface area (Å²) in [6.45, 7) is 4.68. The molecule has 0 aliphatic rings. The number of halogens is 2. The number of nitrogen functional groups attached to an aromatic ring is 2. The average molecular weight is 634 g/mol. The van der Waals surface area contributed by atoms with E-state index in [2.05, 4.69) is 15.3 Å². The molecule has 14 heteroatoms. The van der Waals surface area contributed by atoms with Crippen molar-refractivity contribution in [3.63, 3.8) is 0 Å². The maximum absolute atomic E-state index is 12.6. The minimum absolute atomic E-state index is 0. The third-order valence-electron chi connectivity index (χ3n) is 5.03. The highest BCUT2D eigenvalue weighted by Gasteiger charge is 2.25. The number of carbonyl (C=O) groups is 3. The van der Waals surface area contributed by atoms with Gasteiger partial charge in [-0.05, 0) is 26.0 Å². The molecule has 3 aromatic rings. The Morgan fingerprint density at radius 1 is 1.20 bits per heavy atom. The first-order chi connectivity index (χ1) is 16.2. The smallest absolute Gasteiger partial charge is 0.316 e. The summed E-state index contributed by atoms with van der Waals surface area (Å²) in [4.78, 5) is 44.5. The van der Waals surface area contributed by atoms with Crippen LogP contribution in [0.15, 0.2) is 18.2 Å². The number of carbonyl (C=O) groups excluding carboxylic acids is 3. The number of nitrogens with one attached hydrogen (secondary N) is 1. The fourth-order valence-electron chi connectivity index (χ4n) is 3.44. The van der Waals surface area contributed by atoms with Crippen LogP contribution >= 0.6 is 23.4 Å².